The Morgan fingerprint density at radius 3 is 2.69 bits per heavy atom. The van der Waals surface area contributed by atoms with Gasteiger partial charge in [0.05, 0.1) is 12.1 Å². The number of ether oxygens (including phenoxy) is 2. The fraction of sp³-hybridized carbons (Fsp3) is 0.300. The molecule has 6 nitrogen and oxygen atoms in total. The van der Waals surface area contributed by atoms with Crippen LogP contribution in [0.15, 0.2) is 42.5 Å². The molecule has 1 unspecified atom stereocenters. The Morgan fingerprint density at radius 2 is 1.92 bits per heavy atom. The van der Waals surface area contributed by atoms with Crippen molar-refractivity contribution in [3.8, 4) is 11.5 Å². The molecule has 1 amide bonds. The van der Waals surface area contributed by atoms with E-state index in [0.717, 1.165) is 0 Å². The number of rotatable bonds is 4. The van der Waals surface area contributed by atoms with E-state index in [-0.39, 0.29) is 25.0 Å². The van der Waals surface area contributed by atoms with Crippen molar-refractivity contribution in [3.63, 3.8) is 0 Å². The molecule has 2 aromatic rings. The largest absolute Gasteiger partial charge is 0.454 e. The Hall–Kier alpha value is -2.86. The summed E-state index contributed by atoms with van der Waals surface area (Å²) < 4.78 is 10.5. The first-order chi connectivity index (χ1) is 12.4. The summed E-state index contributed by atoms with van der Waals surface area (Å²) in [6.07, 6.45) is -0.328. The minimum absolute atomic E-state index is 0.117. The monoisotopic (exact) mass is 353 g/mol. The number of carbonyl (C=O) groups excluding carboxylic acids is 2. The van der Waals surface area contributed by atoms with Crippen molar-refractivity contribution in [2.45, 2.75) is 31.9 Å². The van der Waals surface area contributed by atoms with Gasteiger partial charge in [-0.3, -0.25) is 9.59 Å². The Bertz CT molecular complexity index is 907. The molecule has 0 aromatic heterocycles. The minimum Gasteiger partial charge on any atom is -0.454 e. The van der Waals surface area contributed by atoms with Crippen LogP contribution in [0.4, 0.5) is 5.69 Å². The quantitative estimate of drug-likeness (QED) is 0.855. The number of nitrogens with zero attached hydrogens (tertiary/aromatic N) is 1. The number of hydrogen-bond acceptors (Lipinski definition) is 5. The summed E-state index contributed by atoms with van der Waals surface area (Å²) in [6.45, 7) is 3.87. The smallest absolute Gasteiger partial charge is 0.264 e. The second kappa shape index (κ2) is 5.85. The molecule has 1 N–H and O–H groups in total. The molecule has 2 heterocycles. The van der Waals surface area contributed by atoms with Gasteiger partial charge in [0.2, 0.25) is 6.79 Å². The number of Topliss-reactive ketones (excluding diaryl/α,β-unsaturated/α-hetero) is 1. The van der Waals surface area contributed by atoms with Gasteiger partial charge in [0.1, 0.15) is 0 Å². The SMILES string of the molecule is CC(C)N1C(=O)C(O)(CC(=O)c2ccc3c(c2)OCO3)c2ccccc21. The van der Waals surface area contributed by atoms with Gasteiger partial charge in [-0.2, -0.15) is 0 Å². The average Bonchev–Trinajstić information content (AvgIpc) is 3.16. The number of fused-ring (bicyclic) bond motifs is 2. The van der Waals surface area contributed by atoms with E-state index in [1.54, 1.807) is 41.3 Å². The third-order valence-corrected chi connectivity index (χ3v) is 4.81. The van der Waals surface area contributed by atoms with E-state index < -0.39 is 11.5 Å². The highest BCUT2D eigenvalue weighted by Crippen LogP contribution is 2.44. The normalized spacial score (nSPS) is 20.6. The average molecular weight is 353 g/mol. The number of ketones is 1. The van der Waals surface area contributed by atoms with E-state index in [9.17, 15) is 14.7 Å². The molecule has 6 heteroatoms. The second-order valence-electron chi connectivity index (χ2n) is 6.81. The lowest BCUT2D eigenvalue weighted by molar-refractivity contribution is -0.136. The number of carbonyl (C=O) groups is 2. The van der Waals surface area contributed by atoms with Crippen LogP contribution in [-0.2, 0) is 10.4 Å². The summed E-state index contributed by atoms with van der Waals surface area (Å²) in [5.41, 5.74) is -0.383. The predicted molar refractivity (Wildman–Crippen MR) is 94.5 cm³/mol. The lowest BCUT2D eigenvalue weighted by atomic mass is 9.88. The highest BCUT2D eigenvalue weighted by atomic mass is 16.7. The van der Waals surface area contributed by atoms with Crippen LogP contribution in [0, 0.1) is 0 Å². The third kappa shape index (κ3) is 2.37. The first-order valence-corrected chi connectivity index (χ1v) is 8.50. The van der Waals surface area contributed by atoms with Gasteiger partial charge in [-0.05, 0) is 38.1 Å². The molecule has 0 aliphatic carbocycles. The number of para-hydroxylation sites is 1. The molecule has 2 aliphatic heterocycles. The molecule has 0 fully saturated rings. The Labute approximate surface area is 151 Å². The van der Waals surface area contributed by atoms with E-state index in [4.69, 9.17) is 9.47 Å². The Kier molecular flexibility index (Phi) is 3.73. The topological polar surface area (TPSA) is 76.1 Å². The van der Waals surface area contributed by atoms with E-state index in [1.807, 2.05) is 19.9 Å². The van der Waals surface area contributed by atoms with Gasteiger partial charge in [-0.1, -0.05) is 18.2 Å². The highest BCUT2D eigenvalue weighted by Gasteiger charge is 2.51. The van der Waals surface area contributed by atoms with Crippen molar-refractivity contribution in [1.82, 2.24) is 0 Å². The number of aliphatic hydroxyl groups is 1. The molecule has 4 rings (SSSR count). The van der Waals surface area contributed by atoms with E-state index in [2.05, 4.69) is 0 Å². The zero-order valence-corrected chi connectivity index (χ0v) is 14.6. The standard InChI is InChI=1S/C20H19NO5/c1-12(2)21-15-6-4-3-5-14(15)20(24,19(21)23)10-16(22)13-7-8-17-18(9-13)26-11-25-17/h3-9,12,24H,10-11H2,1-2H3. The summed E-state index contributed by atoms with van der Waals surface area (Å²) >= 11 is 0. The summed E-state index contributed by atoms with van der Waals surface area (Å²) in [6, 6.07) is 11.8. The molecule has 1 atom stereocenters. The van der Waals surface area contributed by atoms with Crippen LogP contribution in [0.2, 0.25) is 0 Å². The summed E-state index contributed by atoms with van der Waals surface area (Å²) in [7, 11) is 0. The van der Waals surface area contributed by atoms with Gasteiger partial charge in [0.25, 0.3) is 5.91 Å². The molecule has 0 radical (unpaired) electrons. The zero-order chi connectivity index (χ0) is 18.5. The lowest BCUT2D eigenvalue weighted by Crippen LogP contribution is -2.44. The van der Waals surface area contributed by atoms with Crippen LogP contribution in [0.25, 0.3) is 0 Å². The van der Waals surface area contributed by atoms with E-state index >= 15 is 0 Å². The first-order valence-electron chi connectivity index (χ1n) is 8.50. The number of benzene rings is 2. The second-order valence-corrected chi connectivity index (χ2v) is 6.81. The fourth-order valence-electron chi connectivity index (χ4n) is 3.55. The molecule has 0 saturated heterocycles. The van der Waals surface area contributed by atoms with E-state index in [0.29, 0.717) is 28.3 Å². The maximum absolute atomic E-state index is 13.0. The van der Waals surface area contributed by atoms with Crippen LogP contribution in [0.5, 0.6) is 11.5 Å². The summed E-state index contributed by atoms with van der Waals surface area (Å²) in [5, 5.41) is 11.2. The first kappa shape index (κ1) is 16.6. The molecule has 2 aliphatic rings. The summed E-state index contributed by atoms with van der Waals surface area (Å²) in [4.78, 5) is 27.3. The molecule has 26 heavy (non-hydrogen) atoms. The minimum atomic E-state index is -1.87. The Balaban J connectivity index is 1.69. The van der Waals surface area contributed by atoms with Crippen molar-refractivity contribution in [2.75, 3.05) is 11.7 Å². The maximum atomic E-state index is 13.0. The van der Waals surface area contributed by atoms with Crippen LogP contribution in [-0.4, -0.2) is 29.6 Å². The van der Waals surface area contributed by atoms with Crippen LogP contribution in [0.3, 0.4) is 0 Å². The van der Waals surface area contributed by atoms with Gasteiger partial charge >= 0.3 is 0 Å². The molecule has 0 spiro atoms. The van der Waals surface area contributed by atoms with Crippen molar-refractivity contribution < 1.29 is 24.2 Å². The molecule has 134 valence electrons. The van der Waals surface area contributed by atoms with E-state index in [1.165, 1.54) is 0 Å². The number of amides is 1. The fourth-order valence-corrected chi connectivity index (χ4v) is 3.55. The molecular weight excluding hydrogens is 334 g/mol. The molecule has 0 bridgehead atoms. The zero-order valence-electron chi connectivity index (χ0n) is 14.6. The highest BCUT2D eigenvalue weighted by molar-refractivity contribution is 6.11. The molecule has 2 aromatic carbocycles. The van der Waals surface area contributed by atoms with Gasteiger partial charge in [-0.25, -0.2) is 0 Å². The van der Waals surface area contributed by atoms with Crippen LogP contribution in [0.1, 0.15) is 36.2 Å². The summed E-state index contributed by atoms with van der Waals surface area (Å²) in [5.74, 6) is 0.265. The van der Waals surface area contributed by atoms with Gasteiger partial charge in [-0.15, -0.1) is 0 Å². The lowest BCUT2D eigenvalue weighted by Gasteiger charge is -2.25. The van der Waals surface area contributed by atoms with Crippen molar-refractivity contribution in [2.24, 2.45) is 0 Å². The molecular formula is C20H19NO5. The Morgan fingerprint density at radius 1 is 1.19 bits per heavy atom. The maximum Gasteiger partial charge on any atom is 0.264 e. The van der Waals surface area contributed by atoms with Gasteiger partial charge < -0.3 is 19.5 Å². The van der Waals surface area contributed by atoms with Crippen LogP contribution < -0.4 is 14.4 Å². The van der Waals surface area contributed by atoms with Gasteiger partial charge in [0, 0.05) is 17.2 Å². The molecule has 0 saturated carbocycles. The van der Waals surface area contributed by atoms with Crippen molar-refractivity contribution in [3.05, 3.63) is 53.6 Å². The number of hydrogen-bond donors (Lipinski definition) is 1. The number of anilines is 1. The van der Waals surface area contributed by atoms with Crippen LogP contribution >= 0.6 is 0 Å². The third-order valence-electron chi connectivity index (χ3n) is 4.81. The predicted octanol–water partition coefficient (Wildman–Crippen LogP) is 2.63. The van der Waals surface area contributed by atoms with Crippen molar-refractivity contribution >= 4 is 17.4 Å². The van der Waals surface area contributed by atoms with Gasteiger partial charge in [0.15, 0.2) is 22.9 Å². The van der Waals surface area contributed by atoms with Crippen molar-refractivity contribution in [1.29, 1.82) is 0 Å².